The van der Waals surface area contributed by atoms with Crippen molar-refractivity contribution in [1.82, 2.24) is 4.98 Å². The van der Waals surface area contributed by atoms with Gasteiger partial charge in [0, 0.05) is 15.6 Å². The van der Waals surface area contributed by atoms with Crippen LogP contribution < -0.4 is 5.73 Å². The fourth-order valence-electron chi connectivity index (χ4n) is 2.09. The van der Waals surface area contributed by atoms with Crippen LogP contribution in [0.4, 0.5) is 5.13 Å². The lowest BCUT2D eigenvalue weighted by Gasteiger charge is -2.05. The zero-order valence-corrected chi connectivity index (χ0v) is 14.4. The first kappa shape index (κ1) is 15.2. The monoisotopic (exact) mass is 392 g/mol. The lowest BCUT2D eigenvalue weighted by molar-refractivity contribution is 0.104. The Kier molecular flexibility index (Phi) is 4.29. The van der Waals surface area contributed by atoms with Gasteiger partial charge in [0.05, 0.1) is 10.7 Å². The van der Waals surface area contributed by atoms with Crippen molar-refractivity contribution in [2.75, 3.05) is 5.73 Å². The third-order valence-electron chi connectivity index (χ3n) is 3.10. The molecule has 0 aliphatic carbocycles. The molecule has 110 valence electrons. The molecule has 0 fully saturated rings. The maximum atomic E-state index is 12.8. The van der Waals surface area contributed by atoms with Crippen LogP contribution in [0.1, 0.15) is 15.2 Å². The number of anilines is 1. The van der Waals surface area contributed by atoms with E-state index < -0.39 is 0 Å². The van der Waals surface area contributed by atoms with Crippen molar-refractivity contribution < 1.29 is 4.79 Å². The summed E-state index contributed by atoms with van der Waals surface area (Å²) in [5, 5.41) is 0.763. The topological polar surface area (TPSA) is 56.0 Å². The minimum absolute atomic E-state index is 0.175. The number of aromatic nitrogens is 1. The number of carbonyl (C=O) groups excluding carboxylic acids is 1. The minimum Gasteiger partial charge on any atom is -0.375 e. The molecule has 1 aromatic heterocycles. The first-order valence-corrected chi connectivity index (χ1v) is 8.37. The number of nitrogens with two attached hydrogens (primary N) is 1. The molecule has 0 aliphatic heterocycles. The fraction of sp³-hybridized carbons (Fsp3) is 0. The Hall–Kier alpha value is -1.69. The van der Waals surface area contributed by atoms with Crippen LogP contribution in [0, 0.1) is 0 Å². The number of thiazole rings is 1. The van der Waals surface area contributed by atoms with Crippen molar-refractivity contribution in [3.63, 3.8) is 0 Å². The summed E-state index contributed by atoms with van der Waals surface area (Å²) in [5.74, 6) is -0.175. The van der Waals surface area contributed by atoms with Gasteiger partial charge in [0.15, 0.2) is 5.13 Å². The molecule has 0 saturated carbocycles. The van der Waals surface area contributed by atoms with Crippen molar-refractivity contribution >= 4 is 49.8 Å². The highest BCUT2D eigenvalue weighted by molar-refractivity contribution is 9.10. The van der Waals surface area contributed by atoms with Crippen LogP contribution in [0.5, 0.6) is 0 Å². The standard InChI is InChI=1S/C16H10BrClN2OS/c17-11-7-3-1-5-9(11)13-15(22-16(19)20-13)14(21)10-6-2-4-8-12(10)18/h1-8H,(H2,19,20). The van der Waals surface area contributed by atoms with Gasteiger partial charge in [-0.2, -0.15) is 0 Å². The predicted octanol–water partition coefficient (Wildman–Crippen LogP) is 5.04. The number of halogens is 2. The van der Waals surface area contributed by atoms with Gasteiger partial charge in [0.2, 0.25) is 5.78 Å². The van der Waals surface area contributed by atoms with E-state index in [9.17, 15) is 4.79 Å². The minimum atomic E-state index is -0.175. The second-order valence-corrected chi connectivity index (χ2v) is 6.81. The van der Waals surface area contributed by atoms with Crippen LogP contribution in [-0.2, 0) is 0 Å². The maximum Gasteiger partial charge on any atom is 0.206 e. The number of ketones is 1. The first-order valence-electron chi connectivity index (χ1n) is 6.38. The van der Waals surface area contributed by atoms with Gasteiger partial charge in [0.25, 0.3) is 0 Å². The van der Waals surface area contributed by atoms with E-state index >= 15 is 0 Å². The number of benzene rings is 2. The molecule has 0 radical (unpaired) electrons. The van der Waals surface area contributed by atoms with Gasteiger partial charge in [0.1, 0.15) is 4.88 Å². The summed E-state index contributed by atoms with van der Waals surface area (Å²) in [7, 11) is 0. The molecule has 0 unspecified atom stereocenters. The van der Waals surface area contributed by atoms with Crippen molar-refractivity contribution in [3.8, 4) is 11.3 Å². The van der Waals surface area contributed by atoms with Crippen LogP contribution >= 0.6 is 38.9 Å². The molecule has 0 aliphatic rings. The maximum absolute atomic E-state index is 12.8. The highest BCUT2D eigenvalue weighted by atomic mass is 79.9. The van der Waals surface area contributed by atoms with E-state index in [1.807, 2.05) is 24.3 Å². The summed E-state index contributed by atoms with van der Waals surface area (Å²) in [6.45, 7) is 0. The molecular weight excluding hydrogens is 384 g/mol. The Morgan fingerprint density at radius 3 is 2.55 bits per heavy atom. The largest absolute Gasteiger partial charge is 0.375 e. The second kappa shape index (κ2) is 6.20. The number of hydrogen-bond acceptors (Lipinski definition) is 4. The van der Waals surface area contributed by atoms with E-state index in [1.54, 1.807) is 24.3 Å². The number of hydrogen-bond donors (Lipinski definition) is 1. The summed E-state index contributed by atoms with van der Waals surface area (Å²) in [5.41, 5.74) is 7.67. The summed E-state index contributed by atoms with van der Waals surface area (Å²) in [6.07, 6.45) is 0. The van der Waals surface area contributed by atoms with Gasteiger partial charge < -0.3 is 5.73 Å². The molecule has 0 atom stereocenters. The number of rotatable bonds is 3. The van der Waals surface area contributed by atoms with E-state index in [2.05, 4.69) is 20.9 Å². The molecule has 6 heteroatoms. The van der Waals surface area contributed by atoms with Crippen LogP contribution in [-0.4, -0.2) is 10.8 Å². The predicted molar refractivity (Wildman–Crippen MR) is 94.5 cm³/mol. The molecule has 22 heavy (non-hydrogen) atoms. The highest BCUT2D eigenvalue weighted by Gasteiger charge is 2.22. The van der Waals surface area contributed by atoms with E-state index in [0.29, 0.717) is 26.3 Å². The quantitative estimate of drug-likeness (QED) is 0.634. The molecule has 2 N–H and O–H groups in total. The van der Waals surface area contributed by atoms with Crippen molar-refractivity contribution in [3.05, 3.63) is 68.5 Å². The third-order valence-corrected chi connectivity index (χ3v) is 5.00. The van der Waals surface area contributed by atoms with E-state index in [0.717, 1.165) is 10.0 Å². The van der Waals surface area contributed by atoms with E-state index in [4.69, 9.17) is 17.3 Å². The van der Waals surface area contributed by atoms with E-state index in [1.165, 1.54) is 11.3 Å². The Bertz CT molecular complexity index is 863. The van der Waals surface area contributed by atoms with Gasteiger partial charge in [-0.25, -0.2) is 4.98 Å². The molecule has 0 saturated heterocycles. The summed E-state index contributed by atoms with van der Waals surface area (Å²) >= 11 is 10.8. The van der Waals surface area contributed by atoms with Crippen molar-refractivity contribution in [2.24, 2.45) is 0 Å². The molecule has 1 heterocycles. The molecule has 0 amide bonds. The SMILES string of the molecule is Nc1nc(-c2ccccc2Br)c(C(=O)c2ccccc2Cl)s1. The van der Waals surface area contributed by atoms with Gasteiger partial charge in [-0.1, -0.05) is 69.2 Å². The number of carbonyl (C=O) groups is 1. The van der Waals surface area contributed by atoms with E-state index in [-0.39, 0.29) is 5.78 Å². The average molecular weight is 394 g/mol. The smallest absolute Gasteiger partial charge is 0.206 e. The number of nitrogens with zero attached hydrogens (tertiary/aromatic N) is 1. The van der Waals surface area contributed by atoms with Crippen molar-refractivity contribution in [1.29, 1.82) is 0 Å². The second-order valence-electron chi connectivity index (χ2n) is 4.52. The van der Waals surface area contributed by atoms with Crippen LogP contribution in [0.3, 0.4) is 0 Å². The molecule has 3 aromatic rings. The molecule has 0 spiro atoms. The zero-order chi connectivity index (χ0) is 15.7. The lowest BCUT2D eigenvalue weighted by atomic mass is 10.1. The molecular formula is C16H10BrClN2OS. The Morgan fingerprint density at radius 2 is 1.82 bits per heavy atom. The van der Waals surface area contributed by atoms with Gasteiger partial charge in [-0.3, -0.25) is 4.79 Å². The Morgan fingerprint density at radius 1 is 1.14 bits per heavy atom. The summed E-state index contributed by atoms with van der Waals surface area (Å²) in [6, 6.07) is 14.5. The third kappa shape index (κ3) is 2.79. The normalized spacial score (nSPS) is 10.6. The van der Waals surface area contributed by atoms with Crippen LogP contribution in [0.15, 0.2) is 53.0 Å². The Balaban J connectivity index is 2.15. The first-order chi connectivity index (χ1) is 10.6. The summed E-state index contributed by atoms with van der Waals surface area (Å²) < 4.78 is 0.855. The molecule has 0 bridgehead atoms. The highest BCUT2D eigenvalue weighted by Crippen LogP contribution is 2.36. The average Bonchev–Trinajstić information content (AvgIpc) is 2.89. The molecule has 3 nitrogen and oxygen atoms in total. The number of nitrogen functional groups attached to an aromatic ring is 1. The van der Waals surface area contributed by atoms with Crippen molar-refractivity contribution in [2.45, 2.75) is 0 Å². The van der Waals surface area contributed by atoms with Gasteiger partial charge >= 0.3 is 0 Å². The van der Waals surface area contributed by atoms with Gasteiger partial charge in [-0.05, 0) is 18.2 Å². The zero-order valence-electron chi connectivity index (χ0n) is 11.2. The van der Waals surface area contributed by atoms with Crippen LogP contribution in [0.25, 0.3) is 11.3 Å². The molecule has 2 aromatic carbocycles. The van der Waals surface area contributed by atoms with Crippen LogP contribution in [0.2, 0.25) is 5.02 Å². The Labute approximate surface area is 144 Å². The van der Waals surface area contributed by atoms with Gasteiger partial charge in [-0.15, -0.1) is 0 Å². The summed E-state index contributed by atoms with van der Waals surface area (Å²) in [4.78, 5) is 17.6. The fourth-order valence-corrected chi connectivity index (χ4v) is 3.59. The lowest BCUT2D eigenvalue weighted by Crippen LogP contribution is -2.02. The molecule has 3 rings (SSSR count).